The SMILES string of the molecule is CC(=O)OC(CCCC(=O)O)C(=O)O. The molecule has 0 aromatic heterocycles. The second-order valence-corrected chi connectivity index (χ2v) is 2.72. The minimum atomic E-state index is -1.26. The molecule has 0 fully saturated rings. The molecule has 0 aromatic rings. The van der Waals surface area contributed by atoms with Crippen LogP contribution in [0.2, 0.25) is 0 Å². The topological polar surface area (TPSA) is 101 Å². The summed E-state index contributed by atoms with van der Waals surface area (Å²) >= 11 is 0. The third kappa shape index (κ3) is 5.99. The minimum absolute atomic E-state index is 0.0151. The van der Waals surface area contributed by atoms with Crippen molar-refractivity contribution in [3.63, 3.8) is 0 Å². The van der Waals surface area contributed by atoms with Crippen molar-refractivity contribution in [2.45, 2.75) is 32.3 Å². The largest absolute Gasteiger partial charge is 0.481 e. The second-order valence-electron chi connectivity index (χ2n) is 2.72. The molecule has 0 spiro atoms. The summed E-state index contributed by atoms with van der Waals surface area (Å²) in [5.74, 6) is -2.95. The van der Waals surface area contributed by atoms with Gasteiger partial charge in [-0.2, -0.15) is 0 Å². The first-order chi connectivity index (χ1) is 6.43. The zero-order valence-corrected chi connectivity index (χ0v) is 7.73. The molecule has 1 unspecified atom stereocenters. The zero-order chi connectivity index (χ0) is 11.1. The van der Waals surface area contributed by atoms with Crippen molar-refractivity contribution in [1.29, 1.82) is 0 Å². The summed E-state index contributed by atoms with van der Waals surface area (Å²) in [4.78, 5) is 31.1. The van der Waals surface area contributed by atoms with E-state index in [4.69, 9.17) is 10.2 Å². The number of carboxylic acid groups (broad SMARTS) is 2. The summed E-state index contributed by atoms with van der Waals surface area (Å²) in [5, 5.41) is 16.9. The van der Waals surface area contributed by atoms with E-state index in [0.29, 0.717) is 0 Å². The third-order valence-electron chi connectivity index (χ3n) is 1.44. The van der Waals surface area contributed by atoms with Crippen LogP contribution in [0.25, 0.3) is 0 Å². The number of hydrogen-bond donors (Lipinski definition) is 2. The van der Waals surface area contributed by atoms with Gasteiger partial charge in [-0.1, -0.05) is 0 Å². The summed E-state index contributed by atoms with van der Waals surface area (Å²) in [6.45, 7) is 1.10. The molecule has 6 heteroatoms. The fourth-order valence-corrected chi connectivity index (χ4v) is 0.872. The van der Waals surface area contributed by atoms with Crippen molar-refractivity contribution in [1.82, 2.24) is 0 Å². The van der Waals surface area contributed by atoms with E-state index in [9.17, 15) is 14.4 Å². The number of aliphatic carboxylic acids is 2. The first-order valence-electron chi connectivity index (χ1n) is 4.05. The van der Waals surface area contributed by atoms with Crippen molar-refractivity contribution in [3.05, 3.63) is 0 Å². The number of hydrogen-bond acceptors (Lipinski definition) is 4. The predicted molar refractivity (Wildman–Crippen MR) is 44.7 cm³/mol. The average molecular weight is 204 g/mol. The van der Waals surface area contributed by atoms with Crippen LogP contribution >= 0.6 is 0 Å². The molecule has 0 radical (unpaired) electrons. The highest BCUT2D eigenvalue weighted by Gasteiger charge is 2.20. The van der Waals surface area contributed by atoms with Crippen LogP contribution in [0.4, 0.5) is 0 Å². The van der Waals surface area contributed by atoms with Crippen LogP contribution in [-0.2, 0) is 19.1 Å². The van der Waals surface area contributed by atoms with Crippen molar-refractivity contribution in [2.75, 3.05) is 0 Å². The van der Waals surface area contributed by atoms with Crippen molar-refractivity contribution < 1.29 is 29.3 Å². The van der Waals surface area contributed by atoms with Crippen molar-refractivity contribution in [2.24, 2.45) is 0 Å². The van der Waals surface area contributed by atoms with E-state index in [-0.39, 0.29) is 19.3 Å². The molecule has 0 bridgehead atoms. The van der Waals surface area contributed by atoms with Gasteiger partial charge in [-0.15, -0.1) is 0 Å². The summed E-state index contributed by atoms with van der Waals surface area (Å²) in [5.41, 5.74) is 0. The Morgan fingerprint density at radius 2 is 1.86 bits per heavy atom. The Hall–Kier alpha value is -1.59. The Bertz CT molecular complexity index is 234. The lowest BCUT2D eigenvalue weighted by molar-refractivity contribution is -0.163. The highest BCUT2D eigenvalue weighted by Crippen LogP contribution is 2.05. The number of rotatable bonds is 6. The van der Waals surface area contributed by atoms with Gasteiger partial charge in [0.15, 0.2) is 6.10 Å². The molecule has 0 aliphatic carbocycles. The van der Waals surface area contributed by atoms with Crippen LogP contribution < -0.4 is 0 Å². The molecule has 0 aromatic carbocycles. The Kier molecular flexibility index (Phi) is 5.28. The van der Waals surface area contributed by atoms with Crippen molar-refractivity contribution in [3.8, 4) is 0 Å². The fourth-order valence-electron chi connectivity index (χ4n) is 0.872. The quantitative estimate of drug-likeness (QED) is 0.601. The Morgan fingerprint density at radius 3 is 2.21 bits per heavy atom. The van der Waals surface area contributed by atoms with E-state index in [1.54, 1.807) is 0 Å². The Balaban J connectivity index is 3.91. The van der Waals surface area contributed by atoms with Gasteiger partial charge in [0, 0.05) is 13.3 Å². The van der Waals surface area contributed by atoms with Gasteiger partial charge in [0.25, 0.3) is 0 Å². The molecule has 0 amide bonds. The van der Waals surface area contributed by atoms with E-state index in [2.05, 4.69) is 4.74 Å². The molecule has 80 valence electrons. The molecule has 0 saturated heterocycles. The molecule has 2 N–H and O–H groups in total. The molecule has 6 nitrogen and oxygen atoms in total. The predicted octanol–water partition coefficient (Wildman–Crippen LogP) is 0.258. The number of carbonyl (C=O) groups is 3. The molecule has 0 aliphatic rings. The molecule has 1 atom stereocenters. The number of carbonyl (C=O) groups excluding carboxylic acids is 1. The first-order valence-corrected chi connectivity index (χ1v) is 4.05. The normalized spacial score (nSPS) is 11.8. The Morgan fingerprint density at radius 1 is 1.29 bits per heavy atom. The molecule has 14 heavy (non-hydrogen) atoms. The third-order valence-corrected chi connectivity index (χ3v) is 1.44. The number of esters is 1. The maximum atomic E-state index is 10.5. The summed E-state index contributed by atoms with van der Waals surface area (Å²) < 4.78 is 4.46. The summed E-state index contributed by atoms with van der Waals surface area (Å²) in [7, 11) is 0. The van der Waals surface area contributed by atoms with Gasteiger partial charge in [0.2, 0.25) is 0 Å². The minimum Gasteiger partial charge on any atom is -0.481 e. The highest BCUT2D eigenvalue weighted by molar-refractivity contribution is 5.77. The molecular weight excluding hydrogens is 192 g/mol. The molecule has 0 saturated carbocycles. The van der Waals surface area contributed by atoms with Crippen LogP contribution in [0.3, 0.4) is 0 Å². The summed E-state index contributed by atoms with van der Waals surface area (Å²) in [6.07, 6.45) is -1.20. The van der Waals surface area contributed by atoms with Crippen molar-refractivity contribution >= 4 is 17.9 Å². The van der Waals surface area contributed by atoms with Gasteiger partial charge >= 0.3 is 17.9 Å². The Labute approximate surface area is 80.5 Å². The van der Waals surface area contributed by atoms with Crippen LogP contribution in [0, 0.1) is 0 Å². The van der Waals surface area contributed by atoms with Crippen LogP contribution in [0.15, 0.2) is 0 Å². The lowest BCUT2D eigenvalue weighted by Gasteiger charge is -2.11. The van der Waals surface area contributed by atoms with E-state index < -0.39 is 24.0 Å². The molecular formula is C8H12O6. The second kappa shape index (κ2) is 5.95. The van der Waals surface area contributed by atoms with Gasteiger partial charge in [-0.25, -0.2) is 4.79 Å². The van der Waals surface area contributed by atoms with E-state index >= 15 is 0 Å². The van der Waals surface area contributed by atoms with Gasteiger partial charge in [-0.3, -0.25) is 9.59 Å². The fraction of sp³-hybridized carbons (Fsp3) is 0.625. The average Bonchev–Trinajstić information content (AvgIpc) is 2.00. The maximum absolute atomic E-state index is 10.5. The summed E-state index contributed by atoms with van der Waals surface area (Å²) in [6, 6.07) is 0. The highest BCUT2D eigenvalue weighted by atomic mass is 16.6. The first kappa shape index (κ1) is 12.4. The standard InChI is InChI=1S/C8H12O6/c1-5(9)14-6(8(12)13)3-2-4-7(10)11/h6H,2-4H2,1H3,(H,10,11)(H,12,13). The number of carboxylic acids is 2. The lowest BCUT2D eigenvalue weighted by Crippen LogP contribution is -2.26. The van der Waals surface area contributed by atoms with E-state index in [1.807, 2.05) is 0 Å². The maximum Gasteiger partial charge on any atom is 0.345 e. The molecule has 0 heterocycles. The number of ether oxygens (including phenoxy) is 1. The van der Waals surface area contributed by atoms with E-state index in [1.165, 1.54) is 0 Å². The van der Waals surface area contributed by atoms with Crippen LogP contribution in [0.1, 0.15) is 26.2 Å². The van der Waals surface area contributed by atoms with E-state index in [0.717, 1.165) is 6.92 Å². The van der Waals surface area contributed by atoms with Gasteiger partial charge in [-0.05, 0) is 12.8 Å². The molecule has 0 rings (SSSR count). The van der Waals surface area contributed by atoms with Crippen LogP contribution in [-0.4, -0.2) is 34.2 Å². The smallest absolute Gasteiger partial charge is 0.345 e. The monoisotopic (exact) mass is 204 g/mol. The molecule has 0 aliphatic heterocycles. The zero-order valence-electron chi connectivity index (χ0n) is 7.73. The van der Waals surface area contributed by atoms with Gasteiger partial charge in [0.05, 0.1) is 0 Å². The lowest BCUT2D eigenvalue weighted by atomic mass is 10.1. The van der Waals surface area contributed by atoms with Gasteiger partial charge < -0.3 is 14.9 Å². The van der Waals surface area contributed by atoms with Gasteiger partial charge in [0.1, 0.15) is 0 Å². The van der Waals surface area contributed by atoms with Crippen LogP contribution in [0.5, 0.6) is 0 Å².